The third kappa shape index (κ3) is 8.56. The minimum Gasteiger partial charge on any atom is -0.395 e. The molecule has 0 aliphatic carbocycles. The Labute approximate surface area is 85.2 Å². The lowest BCUT2D eigenvalue weighted by Gasteiger charge is -2.18. The topological polar surface area (TPSA) is 41.5 Å². The first-order valence-electron chi connectivity index (χ1n) is 4.64. The van der Waals surface area contributed by atoms with E-state index in [0.717, 1.165) is 18.1 Å². The summed E-state index contributed by atoms with van der Waals surface area (Å²) < 4.78 is 4.93. The van der Waals surface area contributed by atoms with E-state index in [-0.39, 0.29) is 12.6 Å². The van der Waals surface area contributed by atoms with Gasteiger partial charge in [0.1, 0.15) is 0 Å². The zero-order valence-corrected chi connectivity index (χ0v) is 9.56. The molecule has 0 spiro atoms. The van der Waals surface area contributed by atoms with E-state index in [1.165, 1.54) is 0 Å². The second kappa shape index (κ2) is 8.81. The number of methoxy groups -OCH3 is 1. The fourth-order valence-electron chi connectivity index (χ4n) is 0.993. The molecule has 0 amide bonds. The summed E-state index contributed by atoms with van der Waals surface area (Å²) in [6.45, 7) is 5.16. The van der Waals surface area contributed by atoms with E-state index in [4.69, 9.17) is 9.84 Å². The molecule has 0 bridgehead atoms. The standard InChI is InChI=1S/C9H21NO2S/c1-8(2)10-9(6-11)7-13-5-4-12-3/h8-11H,4-7H2,1-3H3. The van der Waals surface area contributed by atoms with Crippen molar-refractivity contribution in [2.24, 2.45) is 0 Å². The summed E-state index contributed by atoms with van der Waals surface area (Å²) >= 11 is 1.80. The number of hydrogen-bond acceptors (Lipinski definition) is 4. The van der Waals surface area contributed by atoms with E-state index in [2.05, 4.69) is 19.2 Å². The lowest BCUT2D eigenvalue weighted by Crippen LogP contribution is -2.39. The molecule has 3 nitrogen and oxygen atoms in total. The van der Waals surface area contributed by atoms with Crippen LogP contribution in [-0.2, 0) is 4.74 Å². The molecule has 2 N–H and O–H groups in total. The molecule has 0 rings (SSSR count). The van der Waals surface area contributed by atoms with Gasteiger partial charge in [-0.25, -0.2) is 0 Å². The molecule has 1 atom stereocenters. The lowest BCUT2D eigenvalue weighted by molar-refractivity contribution is 0.218. The van der Waals surface area contributed by atoms with Crippen LogP contribution >= 0.6 is 11.8 Å². The molecule has 0 saturated carbocycles. The van der Waals surface area contributed by atoms with Gasteiger partial charge in [-0.2, -0.15) is 11.8 Å². The van der Waals surface area contributed by atoms with Gasteiger partial charge in [-0.3, -0.25) is 0 Å². The third-order valence-corrected chi connectivity index (χ3v) is 2.63. The van der Waals surface area contributed by atoms with Crippen molar-refractivity contribution >= 4 is 11.8 Å². The highest BCUT2D eigenvalue weighted by atomic mass is 32.2. The predicted octanol–water partition coefficient (Wildman–Crippen LogP) is 0.725. The van der Waals surface area contributed by atoms with Crippen molar-refractivity contribution in [2.75, 3.05) is 31.8 Å². The minimum absolute atomic E-state index is 0.207. The van der Waals surface area contributed by atoms with Gasteiger partial charge in [-0.1, -0.05) is 13.8 Å². The number of aliphatic hydroxyl groups excluding tert-OH is 1. The maximum absolute atomic E-state index is 9.02. The van der Waals surface area contributed by atoms with Crippen molar-refractivity contribution in [3.63, 3.8) is 0 Å². The molecule has 0 aromatic carbocycles. The zero-order chi connectivity index (χ0) is 10.1. The van der Waals surface area contributed by atoms with E-state index in [9.17, 15) is 0 Å². The summed E-state index contributed by atoms with van der Waals surface area (Å²) in [5, 5.41) is 12.3. The van der Waals surface area contributed by atoms with Crippen LogP contribution in [0.25, 0.3) is 0 Å². The third-order valence-electron chi connectivity index (χ3n) is 1.54. The largest absolute Gasteiger partial charge is 0.395 e. The smallest absolute Gasteiger partial charge is 0.0592 e. The van der Waals surface area contributed by atoms with Crippen LogP contribution < -0.4 is 5.32 Å². The van der Waals surface area contributed by atoms with Crippen molar-refractivity contribution in [3.8, 4) is 0 Å². The van der Waals surface area contributed by atoms with Gasteiger partial charge in [0.25, 0.3) is 0 Å². The highest BCUT2D eigenvalue weighted by molar-refractivity contribution is 7.99. The summed E-state index contributed by atoms with van der Waals surface area (Å²) in [5.74, 6) is 1.94. The summed E-state index contributed by atoms with van der Waals surface area (Å²) in [6.07, 6.45) is 0. The number of aliphatic hydroxyl groups is 1. The van der Waals surface area contributed by atoms with Gasteiger partial charge in [-0.05, 0) is 0 Å². The van der Waals surface area contributed by atoms with Crippen LogP contribution in [0.4, 0.5) is 0 Å². The van der Waals surface area contributed by atoms with E-state index in [1.807, 2.05) is 0 Å². The van der Waals surface area contributed by atoms with Gasteiger partial charge in [0.05, 0.1) is 13.2 Å². The second-order valence-electron chi connectivity index (χ2n) is 3.27. The first kappa shape index (κ1) is 13.2. The van der Waals surface area contributed by atoms with Crippen molar-refractivity contribution in [1.82, 2.24) is 5.32 Å². The Morgan fingerprint density at radius 2 is 2.15 bits per heavy atom. The molecule has 0 saturated heterocycles. The molecule has 0 aromatic heterocycles. The van der Waals surface area contributed by atoms with Gasteiger partial charge in [-0.15, -0.1) is 0 Å². The normalized spacial score (nSPS) is 13.6. The molecule has 0 aliphatic rings. The van der Waals surface area contributed by atoms with Crippen LogP contribution in [0.3, 0.4) is 0 Å². The lowest BCUT2D eigenvalue weighted by atomic mass is 10.3. The number of rotatable bonds is 8. The van der Waals surface area contributed by atoms with Crippen LogP contribution in [0.15, 0.2) is 0 Å². The first-order valence-corrected chi connectivity index (χ1v) is 5.79. The molecule has 0 aliphatic heterocycles. The van der Waals surface area contributed by atoms with Crippen molar-refractivity contribution in [3.05, 3.63) is 0 Å². The fraction of sp³-hybridized carbons (Fsp3) is 1.00. The maximum Gasteiger partial charge on any atom is 0.0592 e. The number of ether oxygens (including phenoxy) is 1. The SMILES string of the molecule is COCCSCC(CO)NC(C)C. The van der Waals surface area contributed by atoms with Crippen LogP contribution in [0.2, 0.25) is 0 Å². The molecule has 0 radical (unpaired) electrons. The summed E-state index contributed by atoms with van der Waals surface area (Å²) in [7, 11) is 1.70. The number of hydrogen-bond donors (Lipinski definition) is 2. The summed E-state index contributed by atoms with van der Waals surface area (Å²) in [4.78, 5) is 0. The summed E-state index contributed by atoms with van der Waals surface area (Å²) in [5.41, 5.74) is 0. The van der Waals surface area contributed by atoms with Crippen LogP contribution in [-0.4, -0.2) is 49.0 Å². The summed E-state index contributed by atoms with van der Waals surface area (Å²) in [6, 6.07) is 0.641. The Morgan fingerprint density at radius 1 is 1.46 bits per heavy atom. The van der Waals surface area contributed by atoms with Gasteiger partial charge < -0.3 is 15.2 Å². The number of nitrogens with one attached hydrogen (secondary N) is 1. The highest BCUT2D eigenvalue weighted by Crippen LogP contribution is 2.03. The van der Waals surface area contributed by atoms with Crippen molar-refractivity contribution in [2.45, 2.75) is 25.9 Å². The Morgan fingerprint density at radius 3 is 2.62 bits per heavy atom. The van der Waals surface area contributed by atoms with Crippen LogP contribution in [0, 0.1) is 0 Å². The number of thioether (sulfide) groups is 1. The van der Waals surface area contributed by atoms with Gasteiger partial charge in [0.15, 0.2) is 0 Å². The monoisotopic (exact) mass is 207 g/mol. The molecule has 1 unspecified atom stereocenters. The Kier molecular flexibility index (Phi) is 8.97. The zero-order valence-electron chi connectivity index (χ0n) is 8.75. The van der Waals surface area contributed by atoms with Gasteiger partial charge in [0, 0.05) is 30.7 Å². The van der Waals surface area contributed by atoms with E-state index in [1.54, 1.807) is 18.9 Å². The minimum atomic E-state index is 0.207. The molecule has 80 valence electrons. The van der Waals surface area contributed by atoms with Gasteiger partial charge >= 0.3 is 0 Å². The molecular weight excluding hydrogens is 186 g/mol. The van der Waals surface area contributed by atoms with Crippen molar-refractivity contribution in [1.29, 1.82) is 0 Å². The molecule has 13 heavy (non-hydrogen) atoms. The molecule has 0 heterocycles. The Balaban J connectivity index is 3.36. The molecule has 4 heteroatoms. The molecule has 0 aromatic rings. The quantitative estimate of drug-likeness (QED) is 0.576. The fourth-order valence-corrected chi connectivity index (χ4v) is 1.93. The van der Waals surface area contributed by atoms with Crippen LogP contribution in [0.1, 0.15) is 13.8 Å². The first-order chi connectivity index (χ1) is 6.20. The second-order valence-corrected chi connectivity index (χ2v) is 4.42. The maximum atomic E-state index is 9.02. The highest BCUT2D eigenvalue weighted by Gasteiger charge is 2.07. The average Bonchev–Trinajstić information content (AvgIpc) is 2.09. The average molecular weight is 207 g/mol. The predicted molar refractivity (Wildman–Crippen MR) is 58.3 cm³/mol. The Bertz CT molecular complexity index is 112. The Hall–Kier alpha value is 0.230. The van der Waals surface area contributed by atoms with Crippen molar-refractivity contribution < 1.29 is 9.84 Å². The van der Waals surface area contributed by atoms with E-state index >= 15 is 0 Å². The molecular formula is C9H21NO2S. The van der Waals surface area contributed by atoms with E-state index in [0.29, 0.717) is 6.04 Å². The van der Waals surface area contributed by atoms with Crippen LogP contribution in [0.5, 0.6) is 0 Å². The van der Waals surface area contributed by atoms with E-state index < -0.39 is 0 Å². The molecule has 0 fully saturated rings. The van der Waals surface area contributed by atoms with Gasteiger partial charge in [0.2, 0.25) is 0 Å².